The average molecular weight is 379 g/mol. The van der Waals surface area contributed by atoms with Gasteiger partial charge < -0.3 is 4.57 Å². The van der Waals surface area contributed by atoms with E-state index in [1.807, 2.05) is 92.0 Å². The molecule has 1 unspecified atom stereocenters. The lowest BCUT2D eigenvalue weighted by Gasteiger charge is -2.34. The third-order valence-electron chi connectivity index (χ3n) is 4.31. The van der Waals surface area contributed by atoms with Gasteiger partial charge in [0.1, 0.15) is 5.78 Å². The van der Waals surface area contributed by atoms with Crippen LogP contribution in [0.5, 0.6) is 0 Å². The molecule has 3 rings (SSSR count). The summed E-state index contributed by atoms with van der Waals surface area (Å²) < 4.78 is 14.7. The van der Waals surface area contributed by atoms with Crippen molar-refractivity contribution < 1.29 is 4.57 Å². The van der Waals surface area contributed by atoms with Crippen molar-refractivity contribution in [1.82, 2.24) is 5.32 Å². The molecule has 0 saturated carbocycles. The summed E-state index contributed by atoms with van der Waals surface area (Å²) in [6.45, 7) is 3.88. The van der Waals surface area contributed by atoms with Crippen molar-refractivity contribution in [1.29, 1.82) is 0 Å². The van der Waals surface area contributed by atoms with E-state index < -0.39 is 18.5 Å². The number of terminal acetylenes is 1. The summed E-state index contributed by atoms with van der Waals surface area (Å²) >= 11 is 1.60. The van der Waals surface area contributed by atoms with E-state index in [0.29, 0.717) is 0 Å². The van der Waals surface area contributed by atoms with Crippen LogP contribution in [0.25, 0.3) is 0 Å². The van der Waals surface area contributed by atoms with Crippen LogP contribution in [-0.4, -0.2) is 5.54 Å². The fourth-order valence-electron chi connectivity index (χ4n) is 2.92. The number of nitrogens with one attached hydrogen (secondary N) is 1. The standard InChI is InChI=1S/C22H22NOPS/c1-4-22(2,3)23-21(20-16-11-17-26-20)25(24,18-12-7-5-8-13-18)19-14-9-6-10-15-19/h1,5-17,21,23H,2-3H3. The zero-order valence-corrected chi connectivity index (χ0v) is 16.6. The lowest BCUT2D eigenvalue weighted by Crippen LogP contribution is -2.42. The second kappa shape index (κ2) is 7.64. The fraction of sp³-hybridized carbons (Fsp3) is 0.182. The number of hydrogen-bond donors (Lipinski definition) is 1. The maximum Gasteiger partial charge on any atom is 0.164 e. The van der Waals surface area contributed by atoms with Gasteiger partial charge in [0.2, 0.25) is 0 Å². The molecule has 0 radical (unpaired) electrons. The predicted octanol–water partition coefficient (Wildman–Crippen LogP) is 4.76. The number of hydrogen-bond acceptors (Lipinski definition) is 3. The van der Waals surface area contributed by atoms with Crippen LogP contribution < -0.4 is 15.9 Å². The highest BCUT2D eigenvalue weighted by molar-refractivity contribution is 7.79. The van der Waals surface area contributed by atoms with Gasteiger partial charge in [0.15, 0.2) is 7.14 Å². The number of benzene rings is 2. The molecule has 0 bridgehead atoms. The Morgan fingerprint density at radius 3 is 1.92 bits per heavy atom. The Balaban J connectivity index is 2.24. The molecule has 2 nitrogen and oxygen atoms in total. The van der Waals surface area contributed by atoms with E-state index in [2.05, 4.69) is 11.2 Å². The van der Waals surface area contributed by atoms with Crippen LogP contribution in [0.2, 0.25) is 0 Å². The van der Waals surface area contributed by atoms with Gasteiger partial charge in [-0.1, -0.05) is 72.7 Å². The molecule has 1 atom stereocenters. The van der Waals surface area contributed by atoms with Gasteiger partial charge in [-0.25, -0.2) is 0 Å². The number of thiophene rings is 1. The Morgan fingerprint density at radius 1 is 0.962 bits per heavy atom. The largest absolute Gasteiger partial charge is 0.312 e. The van der Waals surface area contributed by atoms with Crippen LogP contribution in [0.4, 0.5) is 0 Å². The molecule has 0 aliphatic carbocycles. The first-order valence-electron chi connectivity index (χ1n) is 8.47. The monoisotopic (exact) mass is 379 g/mol. The van der Waals surface area contributed by atoms with Crippen molar-refractivity contribution in [3.8, 4) is 12.3 Å². The van der Waals surface area contributed by atoms with Crippen molar-refractivity contribution in [3.05, 3.63) is 83.1 Å². The minimum absolute atomic E-state index is 0.390. The fourth-order valence-corrected chi connectivity index (χ4v) is 7.28. The van der Waals surface area contributed by atoms with Gasteiger partial charge in [-0.3, -0.25) is 5.32 Å². The van der Waals surface area contributed by atoms with Gasteiger partial charge >= 0.3 is 0 Å². The van der Waals surface area contributed by atoms with Crippen molar-refractivity contribution in [2.45, 2.75) is 25.2 Å². The van der Waals surface area contributed by atoms with Crippen LogP contribution in [0.15, 0.2) is 78.2 Å². The molecule has 0 aliphatic heterocycles. The van der Waals surface area contributed by atoms with E-state index in [1.165, 1.54) is 0 Å². The highest BCUT2D eigenvalue weighted by atomic mass is 32.1. The van der Waals surface area contributed by atoms with Crippen LogP contribution in [0, 0.1) is 12.3 Å². The highest BCUT2D eigenvalue weighted by Crippen LogP contribution is 2.57. The summed E-state index contributed by atoms with van der Waals surface area (Å²) in [7, 11) is -3.03. The lowest BCUT2D eigenvalue weighted by molar-refractivity contribution is 0.468. The van der Waals surface area contributed by atoms with Crippen LogP contribution in [-0.2, 0) is 4.57 Å². The second-order valence-corrected chi connectivity index (χ2v) is 10.5. The van der Waals surface area contributed by atoms with Crippen molar-refractivity contribution in [3.63, 3.8) is 0 Å². The molecule has 132 valence electrons. The number of rotatable bonds is 6. The quantitative estimate of drug-likeness (QED) is 0.494. The smallest absolute Gasteiger partial charge is 0.164 e. The van der Waals surface area contributed by atoms with Crippen molar-refractivity contribution in [2.24, 2.45) is 0 Å². The summed E-state index contributed by atoms with van der Waals surface area (Å²) in [4.78, 5) is 1.02. The molecule has 3 aromatic rings. The van der Waals surface area contributed by atoms with Gasteiger partial charge in [-0.2, -0.15) is 0 Å². The third-order valence-corrected chi connectivity index (χ3v) is 8.69. The van der Waals surface area contributed by atoms with Gasteiger partial charge in [-0.05, 0) is 25.3 Å². The van der Waals surface area contributed by atoms with Gasteiger partial charge in [0.05, 0.1) is 5.54 Å². The summed E-state index contributed by atoms with van der Waals surface area (Å²) in [5.74, 6) is 2.39. The first-order valence-corrected chi connectivity index (χ1v) is 11.1. The highest BCUT2D eigenvalue weighted by Gasteiger charge is 2.40. The van der Waals surface area contributed by atoms with E-state index in [9.17, 15) is 4.57 Å². The molecule has 0 saturated heterocycles. The Labute approximate surface area is 159 Å². The van der Waals surface area contributed by atoms with Gasteiger partial charge in [0.25, 0.3) is 0 Å². The molecule has 4 heteroatoms. The summed E-state index contributed by atoms with van der Waals surface area (Å²) in [6.07, 6.45) is 5.73. The Hall–Kier alpha value is -2.11. The molecular formula is C22H22NOPS. The SMILES string of the molecule is C#CC(C)(C)NC(c1cccs1)P(=O)(c1ccccc1)c1ccccc1. The molecule has 1 aromatic heterocycles. The predicted molar refractivity (Wildman–Crippen MR) is 113 cm³/mol. The molecule has 0 spiro atoms. The zero-order valence-electron chi connectivity index (χ0n) is 14.9. The molecule has 26 heavy (non-hydrogen) atoms. The maximum atomic E-state index is 14.7. The van der Waals surface area contributed by atoms with Gasteiger partial charge in [-0.15, -0.1) is 17.8 Å². The normalized spacial score (nSPS) is 13.1. The summed E-state index contributed by atoms with van der Waals surface area (Å²) in [6, 6.07) is 23.4. The first kappa shape index (κ1) is 18.7. The van der Waals surface area contributed by atoms with E-state index >= 15 is 0 Å². The van der Waals surface area contributed by atoms with Crippen LogP contribution in [0.3, 0.4) is 0 Å². The lowest BCUT2D eigenvalue weighted by atomic mass is 10.1. The van der Waals surface area contributed by atoms with Crippen LogP contribution in [0.1, 0.15) is 24.5 Å². The minimum Gasteiger partial charge on any atom is -0.312 e. The van der Waals surface area contributed by atoms with E-state index in [-0.39, 0.29) is 0 Å². The topological polar surface area (TPSA) is 29.1 Å². The average Bonchev–Trinajstić information content (AvgIpc) is 3.21. The van der Waals surface area contributed by atoms with E-state index in [0.717, 1.165) is 15.5 Å². The minimum atomic E-state index is -3.03. The molecule has 1 heterocycles. The molecule has 1 N–H and O–H groups in total. The second-order valence-electron chi connectivity index (χ2n) is 6.66. The molecule has 2 aromatic carbocycles. The first-order chi connectivity index (χ1) is 12.5. The third kappa shape index (κ3) is 3.69. The molecule has 0 fully saturated rings. The Kier molecular flexibility index (Phi) is 5.49. The Morgan fingerprint density at radius 2 is 1.50 bits per heavy atom. The van der Waals surface area contributed by atoms with Crippen molar-refractivity contribution >= 4 is 29.1 Å². The van der Waals surface area contributed by atoms with Crippen LogP contribution >= 0.6 is 18.5 Å². The molecular weight excluding hydrogens is 357 g/mol. The van der Waals surface area contributed by atoms with Crippen molar-refractivity contribution in [2.75, 3.05) is 0 Å². The zero-order chi connectivity index (χ0) is 18.6. The summed E-state index contributed by atoms with van der Waals surface area (Å²) in [5, 5.41) is 7.15. The molecule has 0 amide bonds. The van der Waals surface area contributed by atoms with E-state index in [1.54, 1.807) is 11.3 Å². The van der Waals surface area contributed by atoms with Gasteiger partial charge in [0, 0.05) is 15.5 Å². The summed E-state index contributed by atoms with van der Waals surface area (Å²) in [5.41, 5.74) is -0.589. The van der Waals surface area contributed by atoms with E-state index in [4.69, 9.17) is 6.42 Å². The Bertz CT molecular complexity index is 884. The maximum absolute atomic E-state index is 14.7. The molecule has 0 aliphatic rings.